The summed E-state index contributed by atoms with van der Waals surface area (Å²) in [7, 11) is 1.74. The minimum Gasteiger partial charge on any atom is -0.383 e. The third kappa shape index (κ3) is 2.43. The van der Waals surface area contributed by atoms with Gasteiger partial charge in [0.2, 0.25) is 0 Å². The fraction of sp³-hybridized carbons (Fsp3) is 0.538. The van der Waals surface area contributed by atoms with Crippen LogP contribution in [0.3, 0.4) is 0 Å². The minimum atomic E-state index is 0.346. The summed E-state index contributed by atoms with van der Waals surface area (Å²) in [5, 5.41) is 0. The number of nitrogens with two attached hydrogens (primary N) is 1. The smallest absolute Gasteiger partial charge is 0.0630 e. The first-order valence-corrected chi connectivity index (χ1v) is 5.85. The standard InChI is InChI=1S/C13H20N2O/c1-16-10-13(8-14)15-7-6-11-4-2-3-5-12(11)9-15/h2-5,13H,6-10,14H2,1H3. The Balaban J connectivity index is 2.06. The zero-order valence-corrected chi connectivity index (χ0v) is 9.86. The Morgan fingerprint density at radius 2 is 2.12 bits per heavy atom. The fourth-order valence-corrected chi connectivity index (χ4v) is 2.34. The lowest BCUT2D eigenvalue weighted by molar-refractivity contribution is 0.0855. The van der Waals surface area contributed by atoms with Crippen LogP contribution in [0.25, 0.3) is 0 Å². The van der Waals surface area contributed by atoms with E-state index >= 15 is 0 Å². The summed E-state index contributed by atoms with van der Waals surface area (Å²) >= 11 is 0. The molecule has 16 heavy (non-hydrogen) atoms. The average Bonchev–Trinajstić information content (AvgIpc) is 2.35. The SMILES string of the molecule is COCC(CN)N1CCc2ccccc2C1. The molecule has 1 heterocycles. The Morgan fingerprint density at radius 1 is 1.38 bits per heavy atom. The summed E-state index contributed by atoms with van der Waals surface area (Å²) in [5.41, 5.74) is 8.70. The van der Waals surface area contributed by atoms with Crippen molar-refractivity contribution < 1.29 is 4.74 Å². The minimum absolute atomic E-state index is 0.346. The predicted octanol–water partition coefficient (Wildman–Crippen LogP) is 1.02. The van der Waals surface area contributed by atoms with Crippen molar-refractivity contribution in [3.63, 3.8) is 0 Å². The lowest BCUT2D eigenvalue weighted by Crippen LogP contribution is -2.45. The molecule has 1 aromatic carbocycles. The van der Waals surface area contributed by atoms with Crippen LogP contribution in [0.15, 0.2) is 24.3 Å². The molecular formula is C13H20N2O. The second-order valence-corrected chi connectivity index (χ2v) is 4.33. The van der Waals surface area contributed by atoms with Gasteiger partial charge in [-0.3, -0.25) is 4.90 Å². The van der Waals surface area contributed by atoms with Crippen LogP contribution in [-0.2, 0) is 17.7 Å². The molecule has 0 spiro atoms. The van der Waals surface area contributed by atoms with E-state index < -0.39 is 0 Å². The number of rotatable bonds is 4. The second kappa shape index (κ2) is 5.43. The van der Waals surface area contributed by atoms with Gasteiger partial charge < -0.3 is 10.5 Å². The zero-order valence-electron chi connectivity index (χ0n) is 9.86. The van der Waals surface area contributed by atoms with Gasteiger partial charge in [-0.2, -0.15) is 0 Å². The summed E-state index contributed by atoms with van der Waals surface area (Å²) < 4.78 is 5.21. The van der Waals surface area contributed by atoms with E-state index in [1.54, 1.807) is 7.11 Å². The number of hydrogen-bond donors (Lipinski definition) is 1. The molecule has 0 aromatic heterocycles. The number of benzene rings is 1. The molecule has 2 N–H and O–H groups in total. The number of ether oxygens (including phenoxy) is 1. The van der Waals surface area contributed by atoms with Gasteiger partial charge in [0.1, 0.15) is 0 Å². The predicted molar refractivity (Wildman–Crippen MR) is 65.3 cm³/mol. The first kappa shape index (κ1) is 11.6. The first-order valence-electron chi connectivity index (χ1n) is 5.85. The van der Waals surface area contributed by atoms with E-state index in [9.17, 15) is 0 Å². The van der Waals surface area contributed by atoms with Crippen molar-refractivity contribution >= 4 is 0 Å². The van der Waals surface area contributed by atoms with Gasteiger partial charge in [0.15, 0.2) is 0 Å². The maximum absolute atomic E-state index is 5.79. The van der Waals surface area contributed by atoms with Gasteiger partial charge in [-0.05, 0) is 17.5 Å². The molecule has 0 amide bonds. The Bertz CT molecular complexity index is 340. The van der Waals surface area contributed by atoms with Gasteiger partial charge in [-0.25, -0.2) is 0 Å². The molecule has 3 heteroatoms. The monoisotopic (exact) mass is 220 g/mol. The number of nitrogens with zero attached hydrogens (tertiary/aromatic N) is 1. The van der Waals surface area contributed by atoms with E-state index in [1.165, 1.54) is 11.1 Å². The highest BCUT2D eigenvalue weighted by atomic mass is 16.5. The molecule has 1 aromatic rings. The van der Waals surface area contributed by atoms with Crippen molar-refractivity contribution in [1.29, 1.82) is 0 Å². The molecule has 1 atom stereocenters. The molecular weight excluding hydrogens is 200 g/mol. The molecule has 0 saturated heterocycles. The van der Waals surface area contributed by atoms with Gasteiger partial charge >= 0.3 is 0 Å². The number of hydrogen-bond acceptors (Lipinski definition) is 3. The zero-order chi connectivity index (χ0) is 11.4. The largest absolute Gasteiger partial charge is 0.383 e. The maximum atomic E-state index is 5.79. The van der Waals surface area contributed by atoms with Crippen LogP contribution in [0, 0.1) is 0 Å². The third-order valence-corrected chi connectivity index (χ3v) is 3.31. The molecule has 0 aliphatic carbocycles. The maximum Gasteiger partial charge on any atom is 0.0630 e. The van der Waals surface area contributed by atoms with Crippen molar-refractivity contribution in [3.05, 3.63) is 35.4 Å². The number of methoxy groups -OCH3 is 1. The molecule has 88 valence electrons. The van der Waals surface area contributed by atoms with Crippen LogP contribution in [0.4, 0.5) is 0 Å². The Hall–Kier alpha value is -0.900. The van der Waals surface area contributed by atoms with Gasteiger partial charge in [-0.15, -0.1) is 0 Å². The van der Waals surface area contributed by atoms with E-state index in [1.807, 2.05) is 0 Å². The van der Waals surface area contributed by atoms with E-state index in [-0.39, 0.29) is 0 Å². The summed E-state index contributed by atoms with van der Waals surface area (Å²) in [6.45, 7) is 3.47. The molecule has 0 radical (unpaired) electrons. The normalized spacial score (nSPS) is 18.1. The Morgan fingerprint density at radius 3 is 2.81 bits per heavy atom. The van der Waals surface area contributed by atoms with E-state index in [0.717, 1.165) is 26.1 Å². The highest BCUT2D eigenvalue weighted by molar-refractivity contribution is 5.29. The van der Waals surface area contributed by atoms with Crippen LogP contribution in [-0.4, -0.2) is 37.7 Å². The van der Waals surface area contributed by atoms with Gasteiger partial charge in [0.25, 0.3) is 0 Å². The van der Waals surface area contributed by atoms with Crippen molar-refractivity contribution in [1.82, 2.24) is 4.90 Å². The molecule has 0 fully saturated rings. The summed E-state index contributed by atoms with van der Waals surface area (Å²) in [4.78, 5) is 2.42. The molecule has 0 saturated carbocycles. The van der Waals surface area contributed by atoms with Crippen LogP contribution in [0.5, 0.6) is 0 Å². The summed E-state index contributed by atoms with van der Waals surface area (Å²) in [6, 6.07) is 9.00. The van der Waals surface area contributed by atoms with Crippen LogP contribution >= 0.6 is 0 Å². The van der Waals surface area contributed by atoms with Gasteiger partial charge in [0.05, 0.1) is 6.61 Å². The van der Waals surface area contributed by atoms with Gasteiger partial charge in [0, 0.05) is 32.8 Å². The average molecular weight is 220 g/mol. The van der Waals surface area contributed by atoms with Crippen molar-refractivity contribution in [2.24, 2.45) is 5.73 Å². The summed E-state index contributed by atoms with van der Waals surface area (Å²) in [5.74, 6) is 0. The highest BCUT2D eigenvalue weighted by Crippen LogP contribution is 2.19. The van der Waals surface area contributed by atoms with Crippen molar-refractivity contribution in [2.45, 2.75) is 19.0 Å². The molecule has 1 unspecified atom stereocenters. The fourth-order valence-electron chi connectivity index (χ4n) is 2.34. The molecule has 1 aliphatic rings. The Kier molecular flexibility index (Phi) is 3.93. The van der Waals surface area contributed by atoms with Crippen LogP contribution in [0.2, 0.25) is 0 Å². The van der Waals surface area contributed by atoms with Crippen molar-refractivity contribution in [2.75, 3.05) is 26.8 Å². The third-order valence-electron chi connectivity index (χ3n) is 3.31. The molecule has 0 bridgehead atoms. The lowest BCUT2D eigenvalue weighted by atomic mass is 9.99. The topological polar surface area (TPSA) is 38.5 Å². The van der Waals surface area contributed by atoms with Crippen molar-refractivity contribution in [3.8, 4) is 0 Å². The van der Waals surface area contributed by atoms with Crippen LogP contribution < -0.4 is 5.73 Å². The molecule has 2 rings (SSSR count). The number of fused-ring (bicyclic) bond motifs is 1. The quantitative estimate of drug-likeness (QED) is 0.823. The van der Waals surface area contributed by atoms with E-state index in [2.05, 4.69) is 29.2 Å². The Labute approximate surface area is 97.2 Å². The van der Waals surface area contributed by atoms with Gasteiger partial charge in [-0.1, -0.05) is 24.3 Å². The molecule has 1 aliphatic heterocycles. The lowest BCUT2D eigenvalue weighted by Gasteiger charge is -2.34. The highest BCUT2D eigenvalue weighted by Gasteiger charge is 2.21. The van der Waals surface area contributed by atoms with E-state index in [4.69, 9.17) is 10.5 Å². The van der Waals surface area contributed by atoms with E-state index in [0.29, 0.717) is 12.6 Å². The first-order chi connectivity index (χ1) is 7.85. The summed E-state index contributed by atoms with van der Waals surface area (Å²) in [6.07, 6.45) is 1.12. The van der Waals surface area contributed by atoms with Crippen LogP contribution in [0.1, 0.15) is 11.1 Å². The molecule has 3 nitrogen and oxygen atoms in total. The second-order valence-electron chi connectivity index (χ2n) is 4.33.